The van der Waals surface area contributed by atoms with E-state index in [9.17, 15) is 9.59 Å². The van der Waals surface area contributed by atoms with Crippen LogP contribution in [0.3, 0.4) is 0 Å². The Morgan fingerprint density at radius 3 is 2.46 bits per heavy atom. The fraction of sp³-hybridized carbons (Fsp3) is 0.579. The van der Waals surface area contributed by atoms with Crippen LogP contribution in [0, 0.1) is 5.92 Å². The van der Waals surface area contributed by atoms with Gasteiger partial charge in [-0.25, -0.2) is 0 Å². The van der Waals surface area contributed by atoms with Crippen LogP contribution in [0.5, 0.6) is 0 Å². The van der Waals surface area contributed by atoms with Crippen LogP contribution >= 0.6 is 0 Å². The lowest BCUT2D eigenvalue weighted by molar-refractivity contribution is -0.130. The van der Waals surface area contributed by atoms with Crippen LogP contribution < -0.4 is 5.32 Å². The molecule has 0 radical (unpaired) electrons. The third kappa shape index (κ3) is 4.81. The predicted molar refractivity (Wildman–Crippen MR) is 93.9 cm³/mol. The van der Waals surface area contributed by atoms with Crippen LogP contribution in [0.15, 0.2) is 24.3 Å². The van der Waals surface area contributed by atoms with E-state index in [-0.39, 0.29) is 29.8 Å². The van der Waals surface area contributed by atoms with Crippen LogP contribution in [-0.4, -0.2) is 48.1 Å². The Morgan fingerprint density at radius 2 is 1.92 bits per heavy atom. The van der Waals surface area contributed by atoms with E-state index in [2.05, 4.69) is 26.1 Å². The standard InChI is InChI=1S/C19H28N2O3/c1-19(2,3)16-6-4-15(5-7-16)18(24)20-10-8-17(23)21-11-9-14(12-21)13-22/h4-7,14,22H,8-13H2,1-3H3,(H,20,24). The van der Waals surface area contributed by atoms with Crippen LogP contribution in [0.4, 0.5) is 0 Å². The predicted octanol–water partition coefficient (Wildman–Crippen LogP) is 1.94. The lowest BCUT2D eigenvalue weighted by Crippen LogP contribution is -2.33. The molecule has 2 amide bonds. The van der Waals surface area contributed by atoms with Gasteiger partial charge in [-0.2, -0.15) is 0 Å². The quantitative estimate of drug-likeness (QED) is 0.866. The van der Waals surface area contributed by atoms with Gasteiger partial charge in [-0.1, -0.05) is 32.9 Å². The van der Waals surface area contributed by atoms with Crippen molar-refractivity contribution < 1.29 is 14.7 Å². The minimum Gasteiger partial charge on any atom is -0.396 e. The van der Waals surface area contributed by atoms with Gasteiger partial charge in [0.25, 0.3) is 5.91 Å². The van der Waals surface area contributed by atoms with Gasteiger partial charge in [-0.15, -0.1) is 0 Å². The van der Waals surface area contributed by atoms with Gasteiger partial charge in [0.05, 0.1) is 0 Å². The van der Waals surface area contributed by atoms with E-state index in [0.29, 0.717) is 31.6 Å². The molecule has 1 heterocycles. The molecule has 132 valence electrons. The van der Waals surface area contributed by atoms with Crippen molar-refractivity contribution in [3.8, 4) is 0 Å². The Balaban J connectivity index is 1.78. The first-order valence-electron chi connectivity index (χ1n) is 8.58. The molecule has 5 nitrogen and oxygen atoms in total. The Bertz CT molecular complexity index is 575. The summed E-state index contributed by atoms with van der Waals surface area (Å²) < 4.78 is 0. The van der Waals surface area contributed by atoms with Crippen molar-refractivity contribution in [2.45, 2.75) is 39.0 Å². The van der Waals surface area contributed by atoms with Crippen LogP contribution in [0.2, 0.25) is 0 Å². The molecule has 0 spiro atoms. The van der Waals surface area contributed by atoms with Crippen molar-refractivity contribution in [2.75, 3.05) is 26.2 Å². The SMILES string of the molecule is CC(C)(C)c1ccc(C(=O)NCCC(=O)N2CCC(CO)C2)cc1. The molecule has 5 heteroatoms. The molecule has 0 saturated carbocycles. The van der Waals surface area contributed by atoms with Gasteiger partial charge in [0.1, 0.15) is 0 Å². The van der Waals surface area contributed by atoms with E-state index in [4.69, 9.17) is 5.11 Å². The number of likely N-dealkylation sites (tertiary alicyclic amines) is 1. The first kappa shape index (κ1) is 18.5. The number of benzene rings is 1. The largest absolute Gasteiger partial charge is 0.396 e. The summed E-state index contributed by atoms with van der Waals surface area (Å²) in [7, 11) is 0. The highest BCUT2D eigenvalue weighted by Gasteiger charge is 2.25. The van der Waals surface area contributed by atoms with Gasteiger partial charge >= 0.3 is 0 Å². The second-order valence-corrected chi connectivity index (χ2v) is 7.51. The summed E-state index contributed by atoms with van der Waals surface area (Å²) in [6.07, 6.45) is 1.15. The fourth-order valence-corrected chi connectivity index (χ4v) is 2.87. The number of aliphatic hydroxyl groups is 1. The lowest BCUT2D eigenvalue weighted by Gasteiger charge is -2.19. The number of nitrogens with one attached hydrogen (secondary N) is 1. The van der Waals surface area contributed by atoms with Crippen molar-refractivity contribution in [1.29, 1.82) is 0 Å². The minimum absolute atomic E-state index is 0.0364. The molecule has 0 aromatic heterocycles. The molecular weight excluding hydrogens is 304 g/mol. The van der Waals surface area contributed by atoms with Gasteiger partial charge in [0.15, 0.2) is 0 Å². The zero-order valence-corrected chi connectivity index (χ0v) is 14.8. The van der Waals surface area contributed by atoms with E-state index < -0.39 is 0 Å². The molecular formula is C19H28N2O3. The second-order valence-electron chi connectivity index (χ2n) is 7.51. The number of carbonyl (C=O) groups excluding carboxylic acids is 2. The maximum absolute atomic E-state index is 12.1. The summed E-state index contributed by atoms with van der Waals surface area (Å²) in [6.45, 7) is 8.18. The van der Waals surface area contributed by atoms with Crippen molar-refractivity contribution in [3.63, 3.8) is 0 Å². The monoisotopic (exact) mass is 332 g/mol. The number of hydrogen-bond donors (Lipinski definition) is 2. The first-order valence-corrected chi connectivity index (χ1v) is 8.58. The summed E-state index contributed by atoms with van der Waals surface area (Å²) in [6, 6.07) is 7.59. The number of carbonyl (C=O) groups is 2. The maximum atomic E-state index is 12.1. The zero-order valence-electron chi connectivity index (χ0n) is 14.8. The number of aliphatic hydroxyl groups excluding tert-OH is 1. The molecule has 0 aliphatic carbocycles. The van der Waals surface area contributed by atoms with Crippen molar-refractivity contribution in [3.05, 3.63) is 35.4 Å². The average Bonchev–Trinajstić information content (AvgIpc) is 3.03. The molecule has 1 aliphatic rings. The number of rotatable bonds is 5. The summed E-state index contributed by atoms with van der Waals surface area (Å²) in [5.41, 5.74) is 1.85. The molecule has 1 saturated heterocycles. The van der Waals surface area contributed by atoms with E-state index in [1.807, 2.05) is 24.3 Å². The van der Waals surface area contributed by atoms with Gasteiger partial charge in [-0.3, -0.25) is 9.59 Å². The zero-order chi connectivity index (χ0) is 17.7. The Labute approximate surface area is 144 Å². The highest BCUT2D eigenvalue weighted by atomic mass is 16.3. The third-order valence-corrected chi connectivity index (χ3v) is 4.53. The van der Waals surface area contributed by atoms with Crippen molar-refractivity contribution in [2.24, 2.45) is 5.92 Å². The summed E-state index contributed by atoms with van der Waals surface area (Å²) in [5, 5.41) is 11.9. The molecule has 2 rings (SSSR count). The highest BCUT2D eigenvalue weighted by molar-refractivity contribution is 5.94. The van der Waals surface area contributed by atoms with Crippen molar-refractivity contribution >= 4 is 11.8 Å². The maximum Gasteiger partial charge on any atom is 0.251 e. The van der Waals surface area contributed by atoms with E-state index in [0.717, 1.165) is 6.42 Å². The van der Waals surface area contributed by atoms with E-state index in [1.54, 1.807) is 4.90 Å². The molecule has 1 aromatic carbocycles. The van der Waals surface area contributed by atoms with Crippen LogP contribution in [0.1, 0.15) is 49.5 Å². The molecule has 2 N–H and O–H groups in total. The normalized spacial score (nSPS) is 17.8. The second kappa shape index (κ2) is 7.79. The summed E-state index contributed by atoms with van der Waals surface area (Å²) in [5.74, 6) is 0.0807. The molecule has 1 aliphatic heterocycles. The molecule has 0 bridgehead atoms. The summed E-state index contributed by atoms with van der Waals surface area (Å²) >= 11 is 0. The molecule has 24 heavy (non-hydrogen) atoms. The van der Waals surface area contributed by atoms with Crippen LogP contribution in [-0.2, 0) is 10.2 Å². The van der Waals surface area contributed by atoms with E-state index in [1.165, 1.54) is 5.56 Å². The fourth-order valence-electron chi connectivity index (χ4n) is 2.87. The van der Waals surface area contributed by atoms with E-state index >= 15 is 0 Å². The molecule has 1 atom stereocenters. The number of amides is 2. The number of hydrogen-bond acceptors (Lipinski definition) is 3. The Morgan fingerprint density at radius 1 is 1.25 bits per heavy atom. The minimum atomic E-state index is -0.155. The van der Waals surface area contributed by atoms with Crippen molar-refractivity contribution in [1.82, 2.24) is 10.2 Å². The van der Waals surface area contributed by atoms with Gasteiger partial charge in [0, 0.05) is 44.1 Å². The smallest absolute Gasteiger partial charge is 0.251 e. The third-order valence-electron chi connectivity index (χ3n) is 4.53. The molecule has 1 unspecified atom stereocenters. The number of nitrogens with zero attached hydrogens (tertiary/aromatic N) is 1. The summed E-state index contributed by atoms with van der Waals surface area (Å²) in [4.78, 5) is 26.0. The Hall–Kier alpha value is -1.88. The average molecular weight is 332 g/mol. The lowest BCUT2D eigenvalue weighted by atomic mass is 9.87. The first-order chi connectivity index (χ1) is 11.3. The molecule has 1 fully saturated rings. The Kier molecular flexibility index (Phi) is 5.99. The van der Waals surface area contributed by atoms with Gasteiger partial charge < -0.3 is 15.3 Å². The molecule has 1 aromatic rings. The topological polar surface area (TPSA) is 69.6 Å². The van der Waals surface area contributed by atoms with Gasteiger partial charge in [0.2, 0.25) is 5.91 Å². The van der Waals surface area contributed by atoms with Gasteiger partial charge in [-0.05, 0) is 29.5 Å². The van der Waals surface area contributed by atoms with Crippen LogP contribution in [0.25, 0.3) is 0 Å². The highest BCUT2D eigenvalue weighted by Crippen LogP contribution is 2.22.